The zero-order chi connectivity index (χ0) is 23.2. The van der Waals surface area contributed by atoms with Gasteiger partial charge in [0.25, 0.3) is 5.88 Å². The Morgan fingerprint density at radius 1 is 1.35 bits per heavy atom. The highest BCUT2D eigenvalue weighted by atomic mass is 35.5. The minimum atomic E-state index is -5.08. The molecule has 2 aromatic rings. The first-order valence-electron chi connectivity index (χ1n) is 8.85. The minimum Gasteiger partial charge on any atom is -0.475 e. The van der Waals surface area contributed by atoms with Crippen LogP contribution in [-0.4, -0.2) is 52.9 Å². The molecule has 1 aliphatic heterocycles. The first-order valence-corrected chi connectivity index (χ1v) is 9.23. The molecule has 13 heteroatoms. The molecule has 0 amide bonds. The fourth-order valence-electron chi connectivity index (χ4n) is 2.50. The van der Waals surface area contributed by atoms with Crippen LogP contribution in [0.1, 0.15) is 12.5 Å². The number of hydrogen-bond donors (Lipinski definition) is 2. The fraction of sp³-hybridized carbons (Fsp3) is 0.389. The van der Waals surface area contributed by atoms with Gasteiger partial charge in [-0.2, -0.15) is 22.5 Å². The zero-order valence-corrected chi connectivity index (χ0v) is 16.8. The van der Waals surface area contributed by atoms with E-state index in [1.165, 1.54) is 12.1 Å². The molecular formula is C18H18ClF5N4O3. The summed E-state index contributed by atoms with van der Waals surface area (Å²) in [6.07, 6.45) is -4.01. The average Bonchev–Trinajstić information content (AvgIpc) is 2.68. The van der Waals surface area contributed by atoms with Crippen molar-refractivity contribution in [3.05, 3.63) is 46.6 Å². The molecule has 1 aliphatic rings. The third kappa shape index (κ3) is 7.47. The second-order valence-electron chi connectivity index (χ2n) is 6.45. The number of piperazine rings is 1. The molecule has 0 radical (unpaired) electrons. The van der Waals surface area contributed by atoms with E-state index >= 15 is 0 Å². The van der Waals surface area contributed by atoms with Gasteiger partial charge in [0.1, 0.15) is 12.4 Å². The minimum absolute atomic E-state index is 0.145. The Morgan fingerprint density at radius 3 is 2.61 bits per heavy atom. The summed E-state index contributed by atoms with van der Waals surface area (Å²) in [6.45, 7) is 4.15. The Bertz CT molecular complexity index is 916. The van der Waals surface area contributed by atoms with Crippen LogP contribution in [0.2, 0.25) is 5.02 Å². The van der Waals surface area contributed by atoms with Crippen molar-refractivity contribution in [2.75, 3.05) is 24.5 Å². The number of ether oxygens (including phenoxy) is 1. The number of carbonyl (C=O) groups is 1. The summed E-state index contributed by atoms with van der Waals surface area (Å²) in [5.74, 6) is -3.74. The van der Waals surface area contributed by atoms with Crippen LogP contribution in [0.4, 0.5) is 27.9 Å². The molecule has 0 spiro atoms. The monoisotopic (exact) mass is 468 g/mol. The van der Waals surface area contributed by atoms with Crippen molar-refractivity contribution < 1.29 is 36.6 Å². The lowest BCUT2D eigenvalue weighted by molar-refractivity contribution is -0.192. The van der Waals surface area contributed by atoms with Crippen LogP contribution in [0.5, 0.6) is 5.88 Å². The Balaban J connectivity index is 0.000000423. The van der Waals surface area contributed by atoms with E-state index < -0.39 is 23.8 Å². The molecule has 170 valence electrons. The van der Waals surface area contributed by atoms with Crippen molar-refractivity contribution in [2.24, 2.45) is 0 Å². The maximum absolute atomic E-state index is 13.9. The molecule has 1 saturated heterocycles. The normalized spacial score (nSPS) is 16.4. The number of nitrogens with one attached hydrogen (secondary N) is 1. The molecule has 7 nitrogen and oxygen atoms in total. The molecule has 0 saturated carbocycles. The van der Waals surface area contributed by atoms with Gasteiger partial charge in [-0.25, -0.2) is 14.2 Å². The van der Waals surface area contributed by atoms with E-state index in [-0.39, 0.29) is 18.1 Å². The first kappa shape index (κ1) is 24.5. The Hall–Kier alpha value is -2.73. The highest BCUT2D eigenvalue weighted by molar-refractivity contribution is 6.30. The molecule has 0 unspecified atom stereocenters. The third-order valence-electron chi connectivity index (χ3n) is 3.97. The molecule has 1 aromatic carbocycles. The number of aromatic nitrogens is 2. The second kappa shape index (κ2) is 10.5. The Morgan fingerprint density at radius 2 is 2.03 bits per heavy atom. The molecule has 1 fully saturated rings. The number of anilines is 1. The second-order valence-corrected chi connectivity index (χ2v) is 6.89. The molecule has 0 bridgehead atoms. The summed E-state index contributed by atoms with van der Waals surface area (Å²) in [4.78, 5) is 19.0. The van der Waals surface area contributed by atoms with Gasteiger partial charge in [-0.15, -0.1) is 0 Å². The van der Waals surface area contributed by atoms with Gasteiger partial charge in [0, 0.05) is 36.3 Å². The number of hydrogen-bond acceptors (Lipinski definition) is 6. The van der Waals surface area contributed by atoms with Crippen molar-refractivity contribution in [3.8, 4) is 5.88 Å². The number of carboxylic acid groups (broad SMARTS) is 1. The van der Waals surface area contributed by atoms with E-state index in [1.54, 1.807) is 6.07 Å². The summed E-state index contributed by atoms with van der Waals surface area (Å²) in [7, 11) is 0. The van der Waals surface area contributed by atoms with Crippen LogP contribution < -0.4 is 15.0 Å². The maximum Gasteiger partial charge on any atom is 0.490 e. The van der Waals surface area contributed by atoms with Crippen molar-refractivity contribution in [2.45, 2.75) is 25.7 Å². The predicted molar refractivity (Wildman–Crippen MR) is 101 cm³/mol. The number of alkyl halides is 3. The van der Waals surface area contributed by atoms with Gasteiger partial charge >= 0.3 is 12.1 Å². The van der Waals surface area contributed by atoms with Crippen LogP contribution in [0.3, 0.4) is 0 Å². The number of carboxylic acids is 1. The van der Waals surface area contributed by atoms with E-state index in [1.807, 2.05) is 4.90 Å². The lowest BCUT2D eigenvalue weighted by Gasteiger charge is -2.31. The van der Waals surface area contributed by atoms with Gasteiger partial charge in [0.2, 0.25) is 11.8 Å². The average molecular weight is 469 g/mol. The first-order chi connectivity index (χ1) is 14.5. The number of aliphatic carboxylic acids is 1. The van der Waals surface area contributed by atoms with Crippen LogP contribution >= 0.6 is 11.6 Å². The van der Waals surface area contributed by atoms with Crippen LogP contribution in [0.25, 0.3) is 0 Å². The molecule has 3 rings (SSSR count). The summed E-state index contributed by atoms with van der Waals surface area (Å²) in [6, 6.07) is 4.52. The quantitative estimate of drug-likeness (QED) is 0.665. The number of halogens is 6. The number of rotatable bonds is 4. The topological polar surface area (TPSA) is 87.6 Å². The van der Waals surface area contributed by atoms with Crippen molar-refractivity contribution in [3.63, 3.8) is 0 Å². The summed E-state index contributed by atoms with van der Waals surface area (Å²) in [5, 5.41) is 10.7. The molecule has 0 aliphatic carbocycles. The lowest BCUT2D eigenvalue weighted by atomic mass is 10.2. The largest absolute Gasteiger partial charge is 0.490 e. The predicted octanol–water partition coefficient (Wildman–Crippen LogP) is 3.42. The van der Waals surface area contributed by atoms with Crippen LogP contribution in [0.15, 0.2) is 24.4 Å². The number of benzene rings is 1. The third-order valence-corrected chi connectivity index (χ3v) is 4.21. The van der Waals surface area contributed by atoms with Gasteiger partial charge in [-0.05, 0) is 19.1 Å². The lowest BCUT2D eigenvalue weighted by Crippen LogP contribution is -2.49. The summed E-state index contributed by atoms with van der Waals surface area (Å²) in [5.41, 5.74) is 0.273. The number of nitrogens with zero attached hydrogens (tertiary/aromatic N) is 3. The highest BCUT2D eigenvalue weighted by Crippen LogP contribution is 2.21. The Labute approximate surface area is 178 Å². The van der Waals surface area contributed by atoms with E-state index in [9.17, 15) is 22.0 Å². The van der Waals surface area contributed by atoms with Crippen molar-refractivity contribution in [1.29, 1.82) is 0 Å². The van der Waals surface area contributed by atoms with Gasteiger partial charge < -0.3 is 20.1 Å². The van der Waals surface area contributed by atoms with Crippen molar-refractivity contribution in [1.82, 2.24) is 15.3 Å². The van der Waals surface area contributed by atoms with Crippen LogP contribution in [0, 0.1) is 11.6 Å². The van der Waals surface area contributed by atoms with E-state index in [4.69, 9.17) is 26.2 Å². The molecular weight excluding hydrogens is 451 g/mol. The van der Waals surface area contributed by atoms with Gasteiger partial charge in [-0.3, -0.25) is 0 Å². The van der Waals surface area contributed by atoms with Gasteiger partial charge in [-0.1, -0.05) is 17.7 Å². The summed E-state index contributed by atoms with van der Waals surface area (Å²) >= 11 is 5.71. The van der Waals surface area contributed by atoms with Gasteiger partial charge in [0.15, 0.2) is 0 Å². The summed E-state index contributed by atoms with van der Waals surface area (Å²) < 4.78 is 64.7. The fourth-order valence-corrected chi connectivity index (χ4v) is 2.65. The molecule has 1 atom stereocenters. The van der Waals surface area contributed by atoms with Crippen molar-refractivity contribution >= 4 is 23.5 Å². The van der Waals surface area contributed by atoms with Crippen LogP contribution in [-0.2, 0) is 11.4 Å². The van der Waals surface area contributed by atoms with E-state index in [0.717, 1.165) is 25.8 Å². The molecule has 2 heterocycles. The zero-order valence-electron chi connectivity index (χ0n) is 16.1. The van der Waals surface area contributed by atoms with E-state index in [2.05, 4.69) is 22.2 Å². The van der Waals surface area contributed by atoms with E-state index in [0.29, 0.717) is 17.0 Å². The maximum atomic E-state index is 13.9. The highest BCUT2D eigenvalue weighted by Gasteiger charge is 2.38. The molecule has 1 aromatic heterocycles. The molecule has 31 heavy (non-hydrogen) atoms. The SMILES string of the molecule is C[C@H]1CN(c2ncc(F)c(OCc3ccc(Cl)cc3F)n2)CCN1.O=C(O)C(F)(F)F. The standard InChI is InChI=1S/C16H17ClF2N4O.C2HF3O2/c1-10-8-23(5-4-20-10)16-21-7-14(19)15(22-16)24-9-11-2-3-12(17)6-13(11)18;3-2(4,5)1(6)7/h2-3,6-7,10,20H,4-5,8-9H2,1H3;(H,6,7)/t10-;/m0./s1. The van der Waals surface area contributed by atoms with Gasteiger partial charge in [0.05, 0.1) is 6.20 Å². The molecule has 2 N–H and O–H groups in total. The smallest absolute Gasteiger partial charge is 0.475 e. The Kier molecular flexibility index (Phi) is 8.34.